The second-order valence-corrected chi connectivity index (χ2v) is 6.36. The molecule has 5 heteroatoms. The maximum Gasteiger partial charge on any atom is 0.136 e. The van der Waals surface area contributed by atoms with Crippen molar-refractivity contribution >= 4 is 27.7 Å². The summed E-state index contributed by atoms with van der Waals surface area (Å²) >= 11 is 4.71. The maximum atomic E-state index is 13.5. The van der Waals surface area contributed by atoms with Crippen molar-refractivity contribution < 1.29 is 8.78 Å². The zero-order chi connectivity index (χ0) is 14.5. The molecule has 2 aromatic carbocycles. The summed E-state index contributed by atoms with van der Waals surface area (Å²) in [6, 6.07) is 11.1. The lowest BCUT2D eigenvalue weighted by Gasteiger charge is -2.13. The summed E-state index contributed by atoms with van der Waals surface area (Å²) in [4.78, 5) is 0.598. The van der Waals surface area contributed by atoms with Crippen molar-refractivity contribution in [3.63, 3.8) is 0 Å². The summed E-state index contributed by atoms with van der Waals surface area (Å²) in [5, 5.41) is 0. The lowest BCUT2D eigenvalue weighted by Crippen LogP contribution is -2.25. The van der Waals surface area contributed by atoms with Crippen molar-refractivity contribution in [3.05, 3.63) is 64.1 Å². The lowest BCUT2D eigenvalue weighted by atomic mass is 10.1. The monoisotopic (exact) mass is 357 g/mol. The SMILES string of the molecule is NC(CSc1ccccc1F)Cc1ccc(F)cc1Br. The van der Waals surface area contributed by atoms with Crippen molar-refractivity contribution in [2.75, 3.05) is 5.75 Å². The highest BCUT2D eigenvalue weighted by Gasteiger charge is 2.10. The van der Waals surface area contributed by atoms with Gasteiger partial charge in [-0.3, -0.25) is 0 Å². The van der Waals surface area contributed by atoms with Crippen molar-refractivity contribution in [3.8, 4) is 0 Å². The van der Waals surface area contributed by atoms with Crippen LogP contribution in [-0.4, -0.2) is 11.8 Å². The molecule has 0 spiro atoms. The summed E-state index contributed by atoms with van der Waals surface area (Å²) < 4.78 is 27.2. The van der Waals surface area contributed by atoms with E-state index < -0.39 is 0 Å². The number of rotatable bonds is 5. The third-order valence-corrected chi connectivity index (χ3v) is 4.76. The summed E-state index contributed by atoms with van der Waals surface area (Å²) in [5.74, 6) is 0.0904. The lowest BCUT2D eigenvalue weighted by molar-refractivity contribution is 0.601. The predicted octanol–water partition coefficient (Wildman–Crippen LogP) is 4.39. The van der Waals surface area contributed by atoms with Gasteiger partial charge < -0.3 is 5.73 Å². The topological polar surface area (TPSA) is 26.0 Å². The first-order valence-electron chi connectivity index (χ1n) is 6.13. The van der Waals surface area contributed by atoms with Gasteiger partial charge in [-0.05, 0) is 36.2 Å². The molecule has 106 valence electrons. The van der Waals surface area contributed by atoms with Gasteiger partial charge in [0.15, 0.2) is 0 Å². The fourth-order valence-electron chi connectivity index (χ4n) is 1.79. The summed E-state index contributed by atoms with van der Waals surface area (Å²) in [5.41, 5.74) is 7.00. The number of halogens is 3. The molecule has 0 bridgehead atoms. The number of hydrogen-bond acceptors (Lipinski definition) is 2. The summed E-state index contributed by atoms with van der Waals surface area (Å²) in [6.45, 7) is 0. The fraction of sp³-hybridized carbons (Fsp3) is 0.200. The molecular weight excluding hydrogens is 344 g/mol. The van der Waals surface area contributed by atoms with Gasteiger partial charge in [-0.15, -0.1) is 11.8 Å². The molecule has 2 aromatic rings. The van der Waals surface area contributed by atoms with E-state index in [4.69, 9.17) is 5.73 Å². The van der Waals surface area contributed by atoms with Gasteiger partial charge in [0.2, 0.25) is 0 Å². The number of nitrogens with two attached hydrogens (primary N) is 1. The molecule has 0 heterocycles. The van der Waals surface area contributed by atoms with Crippen LogP contribution in [0.3, 0.4) is 0 Å². The van der Waals surface area contributed by atoms with Crippen LogP contribution in [0.4, 0.5) is 8.78 Å². The van der Waals surface area contributed by atoms with Gasteiger partial charge in [0.05, 0.1) is 0 Å². The van der Waals surface area contributed by atoms with Gasteiger partial charge in [0.1, 0.15) is 11.6 Å². The standard InChI is InChI=1S/C15H14BrF2NS/c16-13-8-11(17)6-5-10(13)7-12(19)9-20-15-4-2-1-3-14(15)18/h1-6,8,12H,7,9,19H2. The largest absolute Gasteiger partial charge is 0.327 e. The van der Waals surface area contributed by atoms with Gasteiger partial charge in [-0.2, -0.15) is 0 Å². The molecule has 0 fully saturated rings. The van der Waals surface area contributed by atoms with E-state index in [2.05, 4.69) is 15.9 Å². The first-order chi connectivity index (χ1) is 9.56. The molecule has 0 saturated carbocycles. The van der Waals surface area contributed by atoms with Crippen LogP contribution in [0.15, 0.2) is 51.8 Å². The average Bonchev–Trinajstić information content (AvgIpc) is 2.41. The summed E-state index contributed by atoms with van der Waals surface area (Å²) in [7, 11) is 0. The van der Waals surface area contributed by atoms with Crippen molar-refractivity contribution in [2.45, 2.75) is 17.4 Å². The number of thioether (sulfide) groups is 1. The molecule has 0 aliphatic rings. The third-order valence-electron chi connectivity index (χ3n) is 2.79. The van der Waals surface area contributed by atoms with E-state index in [-0.39, 0.29) is 17.7 Å². The Balaban J connectivity index is 1.92. The Morgan fingerprint density at radius 2 is 1.90 bits per heavy atom. The van der Waals surface area contributed by atoms with E-state index in [9.17, 15) is 8.78 Å². The Kier molecular flexibility index (Phi) is 5.57. The zero-order valence-corrected chi connectivity index (χ0v) is 13.1. The summed E-state index contributed by atoms with van der Waals surface area (Å²) in [6.07, 6.45) is 0.613. The van der Waals surface area contributed by atoms with Gasteiger partial charge in [-0.1, -0.05) is 34.1 Å². The van der Waals surface area contributed by atoms with E-state index >= 15 is 0 Å². The minimum atomic E-state index is -0.282. The third kappa shape index (κ3) is 4.30. The van der Waals surface area contributed by atoms with Crippen molar-refractivity contribution in [1.82, 2.24) is 0 Å². The Labute approximate surface area is 129 Å². The van der Waals surface area contributed by atoms with Crippen LogP contribution in [0.25, 0.3) is 0 Å². The molecule has 0 aromatic heterocycles. The van der Waals surface area contributed by atoms with E-state index in [0.717, 1.165) is 5.56 Å². The Morgan fingerprint density at radius 1 is 1.15 bits per heavy atom. The van der Waals surface area contributed by atoms with E-state index in [1.165, 1.54) is 30.0 Å². The van der Waals surface area contributed by atoms with Crippen molar-refractivity contribution in [1.29, 1.82) is 0 Å². The molecule has 1 atom stereocenters. The second kappa shape index (κ2) is 7.20. The molecule has 0 aliphatic carbocycles. The predicted molar refractivity (Wildman–Crippen MR) is 82.9 cm³/mol. The van der Waals surface area contributed by atoms with Crippen LogP contribution in [0.1, 0.15) is 5.56 Å². The van der Waals surface area contributed by atoms with Gasteiger partial charge >= 0.3 is 0 Å². The van der Waals surface area contributed by atoms with E-state index in [0.29, 0.717) is 21.5 Å². The zero-order valence-electron chi connectivity index (χ0n) is 10.7. The Morgan fingerprint density at radius 3 is 2.60 bits per heavy atom. The maximum absolute atomic E-state index is 13.5. The van der Waals surface area contributed by atoms with E-state index in [1.807, 2.05) is 0 Å². The molecule has 2 N–H and O–H groups in total. The van der Waals surface area contributed by atoms with Crippen LogP contribution < -0.4 is 5.73 Å². The quantitative estimate of drug-likeness (QED) is 0.803. The Bertz CT molecular complexity index is 592. The van der Waals surface area contributed by atoms with Gasteiger partial charge in [0.25, 0.3) is 0 Å². The van der Waals surface area contributed by atoms with Crippen LogP contribution in [0.2, 0.25) is 0 Å². The molecule has 1 nitrogen and oxygen atoms in total. The van der Waals surface area contributed by atoms with Crippen LogP contribution in [-0.2, 0) is 6.42 Å². The molecule has 0 amide bonds. The van der Waals surface area contributed by atoms with Crippen LogP contribution >= 0.6 is 27.7 Å². The number of hydrogen-bond donors (Lipinski definition) is 1. The van der Waals surface area contributed by atoms with Crippen molar-refractivity contribution in [2.24, 2.45) is 5.73 Å². The molecule has 2 rings (SSSR count). The minimum absolute atomic E-state index is 0.124. The first-order valence-corrected chi connectivity index (χ1v) is 7.91. The number of benzene rings is 2. The highest BCUT2D eigenvalue weighted by molar-refractivity contribution is 9.10. The molecule has 0 radical (unpaired) electrons. The molecule has 20 heavy (non-hydrogen) atoms. The molecular formula is C15H14BrF2NS. The smallest absolute Gasteiger partial charge is 0.136 e. The molecule has 0 saturated heterocycles. The minimum Gasteiger partial charge on any atom is -0.327 e. The van der Waals surface area contributed by atoms with Crippen LogP contribution in [0, 0.1) is 11.6 Å². The fourth-order valence-corrected chi connectivity index (χ4v) is 3.19. The molecule has 1 unspecified atom stereocenters. The van der Waals surface area contributed by atoms with Gasteiger partial charge in [-0.25, -0.2) is 8.78 Å². The average molecular weight is 358 g/mol. The highest BCUT2D eigenvalue weighted by Crippen LogP contribution is 2.24. The first kappa shape index (κ1) is 15.5. The Hall–Kier alpha value is -0.910. The highest BCUT2D eigenvalue weighted by atomic mass is 79.9. The normalized spacial score (nSPS) is 12.4. The molecule has 0 aliphatic heterocycles. The van der Waals surface area contributed by atoms with Crippen LogP contribution in [0.5, 0.6) is 0 Å². The van der Waals surface area contributed by atoms with E-state index in [1.54, 1.807) is 24.3 Å². The second-order valence-electron chi connectivity index (χ2n) is 4.44. The van der Waals surface area contributed by atoms with Gasteiger partial charge in [0, 0.05) is 21.2 Å².